The maximum atomic E-state index is 15.2. The van der Waals surface area contributed by atoms with Crippen LogP contribution in [0.2, 0.25) is 0 Å². The summed E-state index contributed by atoms with van der Waals surface area (Å²) in [6.07, 6.45) is 44.7. The zero-order valence-electron chi connectivity index (χ0n) is 78.8. The van der Waals surface area contributed by atoms with Gasteiger partial charge in [-0.1, -0.05) is 388 Å². The molecule has 2 heterocycles. The van der Waals surface area contributed by atoms with Gasteiger partial charge in [-0.3, -0.25) is 37.8 Å². The van der Waals surface area contributed by atoms with Gasteiger partial charge in [0.05, 0.1) is 39.3 Å². The molecule has 0 saturated carbocycles. The number of ether oxygens (including phenoxy) is 8. The first-order chi connectivity index (χ1) is 60.0. The van der Waals surface area contributed by atoms with Crippen molar-refractivity contribution in [3.05, 3.63) is 0 Å². The molecule has 0 aromatic carbocycles. The number of hydrogen-bond acceptors (Lipinski definition) is 20. The van der Waals surface area contributed by atoms with Gasteiger partial charge < -0.3 is 78.3 Å². The van der Waals surface area contributed by atoms with Gasteiger partial charge in [-0.2, -0.15) is 0 Å². The topological polar surface area (TPSA) is 374 Å². The molecule has 0 unspecified atom stereocenters. The molecule has 2 aliphatic heterocycles. The number of aliphatic hydroxyl groups is 2. The van der Waals surface area contributed by atoms with Crippen molar-refractivity contribution in [3.63, 3.8) is 0 Å². The Kier molecular flexibility index (Phi) is 73.9. The molecule has 2 fully saturated rings. The molecule has 0 radical (unpaired) electrons. The summed E-state index contributed by atoms with van der Waals surface area (Å²) in [5.74, 6) is -4.07. The number of carbonyl (C=O) groups excluding carboxylic acids is 6. The van der Waals surface area contributed by atoms with E-state index in [9.17, 15) is 58.1 Å². The van der Waals surface area contributed by atoms with Crippen molar-refractivity contribution in [2.24, 2.45) is 0 Å². The Hall–Kier alpha value is -3.20. The van der Waals surface area contributed by atoms with Gasteiger partial charge in [-0.25, -0.2) is 9.13 Å². The van der Waals surface area contributed by atoms with Crippen molar-refractivity contribution in [2.75, 3.05) is 26.4 Å². The number of unbranched alkanes of at least 4 members (excludes halogenated alkanes) is 54. The molecule has 730 valence electrons. The summed E-state index contributed by atoms with van der Waals surface area (Å²) in [5.41, 5.74) is 0. The molecule has 0 aromatic heterocycles. The maximum absolute atomic E-state index is 15.2. The molecule has 28 heteroatoms. The van der Waals surface area contributed by atoms with E-state index in [1.807, 2.05) is 0 Å². The summed E-state index contributed by atoms with van der Waals surface area (Å²) < 4.78 is 85.9. The number of phosphoric acid groups is 2. The van der Waals surface area contributed by atoms with Gasteiger partial charge in [0, 0.05) is 25.7 Å². The molecule has 0 spiro atoms. The third-order valence-corrected chi connectivity index (χ3v) is 25.2. The van der Waals surface area contributed by atoms with Crippen LogP contribution in [0.25, 0.3) is 0 Å². The molecular formula is C96H182N2O24P2. The van der Waals surface area contributed by atoms with Crippen molar-refractivity contribution in [2.45, 2.75) is 552 Å². The second-order valence-corrected chi connectivity index (χ2v) is 38.2. The number of phosphoric ester groups is 2. The molecule has 0 bridgehead atoms. The fourth-order valence-corrected chi connectivity index (χ4v) is 17.6. The van der Waals surface area contributed by atoms with Gasteiger partial charge in [0.15, 0.2) is 24.8 Å². The van der Waals surface area contributed by atoms with Crippen LogP contribution in [0.5, 0.6) is 0 Å². The van der Waals surface area contributed by atoms with Crippen LogP contribution in [0.4, 0.5) is 0 Å². The largest absolute Gasteiger partial charge is 0.470 e. The molecule has 2 saturated heterocycles. The van der Waals surface area contributed by atoms with E-state index in [1.54, 1.807) is 0 Å². The van der Waals surface area contributed by atoms with E-state index < -0.39 is 164 Å². The van der Waals surface area contributed by atoms with Crippen LogP contribution in [-0.2, 0) is 84.8 Å². The van der Waals surface area contributed by atoms with Gasteiger partial charge in [-0.15, -0.1) is 0 Å². The summed E-state index contributed by atoms with van der Waals surface area (Å²) in [7, 11) is -10.7. The summed E-state index contributed by atoms with van der Waals surface area (Å²) in [6, 6.07) is -3.29. The molecule has 2 rings (SSSR count). The zero-order valence-corrected chi connectivity index (χ0v) is 80.6. The molecule has 12 atom stereocenters. The average Bonchev–Trinajstić information content (AvgIpc) is 0.781. The number of nitrogens with one attached hydrogen (secondary N) is 2. The van der Waals surface area contributed by atoms with Crippen LogP contribution in [0.15, 0.2) is 0 Å². The molecular weight excluding hydrogens is 1630 g/mol. The lowest BCUT2D eigenvalue weighted by Gasteiger charge is -2.47. The first-order valence-corrected chi connectivity index (χ1v) is 53.7. The molecule has 124 heavy (non-hydrogen) atoms. The maximum Gasteiger partial charge on any atom is 0.470 e. The minimum atomic E-state index is -5.64. The summed E-state index contributed by atoms with van der Waals surface area (Å²) in [4.78, 5) is 127. The third-order valence-electron chi connectivity index (χ3n) is 24.1. The lowest BCUT2D eigenvalue weighted by Crippen LogP contribution is -2.68. The number of esters is 4. The van der Waals surface area contributed by atoms with Crippen LogP contribution < -0.4 is 10.6 Å². The highest BCUT2D eigenvalue weighted by Gasteiger charge is 2.54. The van der Waals surface area contributed by atoms with E-state index in [2.05, 4.69) is 52.2 Å². The second-order valence-electron chi connectivity index (χ2n) is 35.7. The van der Waals surface area contributed by atoms with E-state index in [4.69, 9.17) is 46.9 Å². The Balaban J connectivity index is 2.84. The predicted molar refractivity (Wildman–Crippen MR) is 489 cm³/mol. The van der Waals surface area contributed by atoms with Crippen molar-refractivity contribution in [3.8, 4) is 0 Å². The minimum Gasteiger partial charge on any atom is -0.462 e. The van der Waals surface area contributed by atoms with Crippen LogP contribution in [-0.4, -0.2) is 165 Å². The van der Waals surface area contributed by atoms with Crippen molar-refractivity contribution < 1.29 is 115 Å². The third kappa shape index (κ3) is 63.8. The van der Waals surface area contributed by atoms with Crippen molar-refractivity contribution in [1.82, 2.24) is 10.6 Å². The molecule has 2 amide bonds. The smallest absolute Gasteiger partial charge is 0.462 e. The fourth-order valence-electron chi connectivity index (χ4n) is 16.7. The normalized spacial score (nSPS) is 19.8. The molecule has 0 aromatic rings. The molecule has 8 N–H and O–H groups in total. The van der Waals surface area contributed by atoms with Crippen LogP contribution in [0.1, 0.15) is 478 Å². The van der Waals surface area contributed by atoms with E-state index in [0.29, 0.717) is 51.4 Å². The number of rotatable bonds is 87. The molecule has 0 aliphatic carbocycles. The Labute approximate surface area is 750 Å². The highest BCUT2D eigenvalue weighted by Crippen LogP contribution is 2.43. The highest BCUT2D eigenvalue weighted by atomic mass is 31.2. The van der Waals surface area contributed by atoms with Crippen molar-refractivity contribution in [1.29, 1.82) is 0 Å². The Morgan fingerprint density at radius 1 is 0.331 bits per heavy atom. The summed E-state index contributed by atoms with van der Waals surface area (Å²) in [5, 5.41) is 29.7. The van der Waals surface area contributed by atoms with Crippen molar-refractivity contribution >= 4 is 51.3 Å². The number of aliphatic hydroxyl groups excluding tert-OH is 2. The van der Waals surface area contributed by atoms with Crippen LogP contribution in [0.3, 0.4) is 0 Å². The van der Waals surface area contributed by atoms with E-state index in [-0.39, 0.29) is 32.1 Å². The summed E-state index contributed by atoms with van der Waals surface area (Å²) >= 11 is 0. The Morgan fingerprint density at radius 2 is 0.637 bits per heavy atom. The van der Waals surface area contributed by atoms with E-state index in [1.165, 1.54) is 128 Å². The molecule has 26 nitrogen and oxygen atoms in total. The number of amides is 2. The first-order valence-electron chi connectivity index (χ1n) is 50.7. The van der Waals surface area contributed by atoms with Gasteiger partial charge in [-0.05, 0) is 51.4 Å². The summed E-state index contributed by atoms with van der Waals surface area (Å²) in [6.45, 7) is 10.0. The monoisotopic (exact) mass is 1810 g/mol. The Morgan fingerprint density at radius 3 is 1.00 bits per heavy atom. The van der Waals surface area contributed by atoms with Crippen LogP contribution in [0, 0.1) is 0 Å². The van der Waals surface area contributed by atoms with E-state index >= 15 is 9.59 Å². The number of hydrogen-bond donors (Lipinski definition) is 8. The van der Waals surface area contributed by atoms with Crippen LogP contribution >= 0.6 is 15.6 Å². The first kappa shape index (κ1) is 117. The lowest BCUT2D eigenvalue weighted by molar-refractivity contribution is -0.304. The lowest BCUT2D eigenvalue weighted by atomic mass is 9.95. The van der Waals surface area contributed by atoms with Gasteiger partial charge >= 0.3 is 39.5 Å². The average molecular weight is 1810 g/mol. The van der Waals surface area contributed by atoms with E-state index in [0.717, 1.165) is 212 Å². The second kappa shape index (κ2) is 78.5. The quantitative estimate of drug-likeness (QED) is 0.0121. The molecule has 2 aliphatic rings. The SMILES string of the molecule is CCCCCCCCCCCCCC(=O)N[C@H]1[C@@H](OCCOP(=O)(O)O)O[C@H](CO[C@@H]2O[C@H](CO)[C@@H](OP(=O)(O)O)[C@H](OC(=O)C[C@@H](CCCCCCCCCCC)OC(=O)CCCCCCCCCCCCC)[C@H]2NC(=O)C[C@@H](CCCCCCCCCCC)OC(=O)CCCCCCCCCCC)[C@@H](O)[C@@H]1OC(=O)CCCCCCCCCCCCC. The highest BCUT2D eigenvalue weighted by molar-refractivity contribution is 7.46. The standard InChI is InChI=1S/C96H182N2O24P2/c1-7-13-19-25-31-37-40-46-51-57-63-69-83(100)97-89-93(120-87(104)72-66-60-54-48-42-39-33-27-21-15-9-3)91(106)82(119-95(89)113-73-74-115-123(107,108)109)78-114-96-90(98-84(101)75-79(67-61-55-49-43-34-28-22-16-10-4)116-85(102)70-64-58-52-45-36-30-24-18-12-6)94(92(81(77-99)118-96)122-124(110,111)112)121-88(105)76-80(68-62-56-50-44-35-29-23-17-11-5)117-86(103)71-65-59-53-47-41-38-32-26-20-14-8-2/h79-82,89-96,99,106H,7-78H2,1-6H3,(H,97,100)(H,98,101)(H2,107,108,109)(H2,110,111,112)/t79-,80-,81-,82-,89-,90-,91-,92-,93-,94-,95+,96-/m1/s1. The zero-order chi connectivity index (χ0) is 90.8. The van der Waals surface area contributed by atoms with Gasteiger partial charge in [0.1, 0.15) is 48.7 Å². The Bertz CT molecular complexity index is 2690. The fraction of sp³-hybridized carbons (Fsp3) is 0.938. The van der Waals surface area contributed by atoms with Gasteiger partial charge in [0.25, 0.3) is 0 Å². The minimum absolute atomic E-state index is 0.0343. The van der Waals surface area contributed by atoms with Gasteiger partial charge in [0.2, 0.25) is 11.8 Å². The number of carbonyl (C=O) groups is 6. The predicted octanol–water partition coefficient (Wildman–Crippen LogP) is 22.7.